The number of sulfonamides is 1. The van der Waals surface area contributed by atoms with E-state index < -0.39 is 10.0 Å². The van der Waals surface area contributed by atoms with Crippen molar-refractivity contribution in [3.05, 3.63) is 42.5 Å². The van der Waals surface area contributed by atoms with Crippen LogP contribution in [0.15, 0.2) is 52.3 Å². The Kier molecular flexibility index (Phi) is 4.89. The van der Waals surface area contributed by atoms with Crippen molar-refractivity contribution in [2.75, 3.05) is 18.9 Å². The normalized spacial score (nSPS) is 11.5. The van der Waals surface area contributed by atoms with Gasteiger partial charge in [0.1, 0.15) is 0 Å². The van der Waals surface area contributed by atoms with Gasteiger partial charge in [-0.1, -0.05) is 18.2 Å². The summed E-state index contributed by atoms with van der Waals surface area (Å²) >= 11 is 4.26. The van der Waals surface area contributed by atoms with Crippen LogP contribution in [-0.4, -0.2) is 26.7 Å². The van der Waals surface area contributed by atoms with E-state index in [9.17, 15) is 8.42 Å². The summed E-state index contributed by atoms with van der Waals surface area (Å²) in [6, 6.07) is 11.9. The molecule has 0 bridgehead atoms. The molecule has 0 radical (unpaired) electrons. The Balaban J connectivity index is 2.39. The summed E-state index contributed by atoms with van der Waals surface area (Å²) in [5.41, 5.74) is 7.85. The van der Waals surface area contributed by atoms with E-state index in [1.54, 1.807) is 24.3 Å². The van der Waals surface area contributed by atoms with Crippen molar-refractivity contribution in [2.45, 2.75) is 9.79 Å². The van der Waals surface area contributed by atoms with Gasteiger partial charge in [0.05, 0.1) is 11.5 Å². The summed E-state index contributed by atoms with van der Waals surface area (Å²) in [4.78, 5) is 0.783. The number of nitrogens with one attached hydrogen (secondary N) is 1. The summed E-state index contributed by atoms with van der Waals surface area (Å²) < 4.78 is 26.4. The van der Waals surface area contributed by atoms with Crippen LogP contribution in [0.4, 0.5) is 5.69 Å². The molecule has 7 heteroatoms. The van der Waals surface area contributed by atoms with Crippen molar-refractivity contribution in [2.24, 2.45) is 0 Å². The largest absolute Gasteiger partial charge is 0.398 e. The van der Waals surface area contributed by atoms with E-state index in [1.807, 2.05) is 12.1 Å². The van der Waals surface area contributed by atoms with Crippen LogP contribution in [0.3, 0.4) is 0 Å². The van der Waals surface area contributed by atoms with Crippen LogP contribution >= 0.6 is 12.6 Å². The molecule has 0 aromatic heterocycles. The molecule has 0 aliphatic rings. The van der Waals surface area contributed by atoms with Gasteiger partial charge in [-0.2, -0.15) is 0 Å². The summed E-state index contributed by atoms with van der Waals surface area (Å²) in [6.07, 6.45) is 0. The molecule has 21 heavy (non-hydrogen) atoms. The van der Waals surface area contributed by atoms with E-state index in [-0.39, 0.29) is 18.0 Å². The molecular formula is C14H16N2O3S2. The number of nitrogens with two attached hydrogens (primary N) is 1. The van der Waals surface area contributed by atoms with Crippen LogP contribution in [0.1, 0.15) is 0 Å². The number of nitrogen functional groups attached to an aromatic ring is 1. The fourth-order valence-corrected chi connectivity index (χ4v) is 3.11. The van der Waals surface area contributed by atoms with Crippen molar-refractivity contribution >= 4 is 28.3 Å². The molecule has 0 fully saturated rings. The average molecular weight is 324 g/mol. The second-order valence-corrected chi connectivity index (χ2v) is 6.67. The summed E-state index contributed by atoms with van der Waals surface area (Å²) in [5.74, 6) is 0. The number of anilines is 1. The molecule has 0 saturated carbocycles. The van der Waals surface area contributed by atoms with Gasteiger partial charge in [0.25, 0.3) is 0 Å². The number of hydrogen-bond acceptors (Lipinski definition) is 5. The summed E-state index contributed by atoms with van der Waals surface area (Å²) in [6.45, 7) is -0.269. The van der Waals surface area contributed by atoms with Gasteiger partial charge in [0.2, 0.25) is 10.0 Å². The maximum Gasteiger partial charge on any atom is 0.240 e. The molecule has 0 heterocycles. The lowest BCUT2D eigenvalue weighted by atomic mass is 10.1. The predicted molar refractivity (Wildman–Crippen MR) is 85.8 cm³/mol. The Morgan fingerprint density at radius 2 is 1.86 bits per heavy atom. The van der Waals surface area contributed by atoms with Crippen molar-refractivity contribution in [1.82, 2.24) is 4.72 Å². The smallest absolute Gasteiger partial charge is 0.240 e. The van der Waals surface area contributed by atoms with Crippen molar-refractivity contribution in [1.29, 1.82) is 0 Å². The van der Waals surface area contributed by atoms with Crippen molar-refractivity contribution in [3.8, 4) is 11.1 Å². The third-order valence-electron chi connectivity index (χ3n) is 2.91. The first-order valence-corrected chi connectivity index (χ1v) is 8.16. The van der Waals surface area contributed by atoms with Gasteiger partial charge in [-0.15, -0.1) is 12.6 Å². The minimum absolute atomic E-state index is 0.0186. The zero-order chi connectivity index (χ0) is 15.5. The second-order valence-electron chi connectivity index (χ2n) is 4.42. The number of aliphatic hydroxyl groups is 1. The second kappa shape index (κ2) is 6.48. The molecule has 0 aliphatic carbocycles. The highest BCUT2D eigenvalue weighted by Crippen LogP contribution is 2.27. The molecule has 0 aliphatic heterocycles. The first-order chi connectivity index (χ1) is 9.94. The standard InChI is InChI=1S/C14H16N2O3S2/c15-13-5-4-11(9-14(13)20)10-2-1-3-12(8-10)21(18,19)16-6-7-17/h1-5,8-9,16-17,20H,6-7,15H2. The molecule has 4 N–H and O–H groups in total. The number of hydrogen-bond donors (Lipinski definition) is 4. The van der Waals surface area contributed by atoms with Gasteiger partial charge in [-0.25, -0.2) is 13.1 Å². The van der Waals surface area contributed by atoms with Crippen LogP contribution < -0.4 is 10.5 Å². The highest BCUT2D eigenvalue weighted by molar-refractivity contribution is 7.89. The fraction of sp³-hybridized carbons (Fsp3) is 0.143. The Labute approximate surface area is 129 Å². The minimum Gasteiger partial charge on any atom is -0.398 e. The Bertz CT molecular complexity index is 746. The first-order valence-electron chi connectivity index (χ1n) is 6.23. The Morgan fingerprint density at radius 3 is 2.52 bits per heavy atom. The van der Waals surface area contributed by atoms with Crippen LogP contribution in [0, 0.1) is 0 Å². The van der Waals surface area contributed by atoms with E-state index in [2.05, 4.69) is 17.4 Å². The van der Waals surface area contributed by atoms with Crippen molar-refractivity contribution in [3.63, 3.8) is 0 Å². The lowest BCUT2D eigenvalue weighted by molar-refractivity contribution is 0.301. The Hall–Kier alpha value is -1.54. The lowest BCUT2D eigenvalue weighted by Crippen LogP contribution is -2.26. The summed E-state index contributed by atoms with van der Waals surface area (Å²) in [5, 5.41) is 8.72. The van der Waals surface area contributed by atoms with Gasteiger partial charge in [-0.3, -0.25) is 0 Å². The maximum absolute atomic E-state index is 12.0. The lowest BCUT2D eigenvalue weighted by Gasteiger charge is -2.09. The fourth-order valence-electron chi connectivity index (χ4n) is 1.83. The quantitative estimate of drug-likeness (QED) is 0.495. The molecule has 2 aromatic carbocycles. The SMILES string of the molecule is Nc1ccc(-c2cccc(S(=O)(=O)NCCO)c2)cc1S. The van der Waals surface area contributed by atoms with E-state index in [1.165, 1.54) is 6.07 Å². The Morgan fingerprint density at radius 1 is 1.14 bits per heavy atom. The molecule has 112 valence electrons. The van der Waals surface area contributed by atoms with E-state index >= 15 is 0 Å². The molecule has 5 nitrogen and oxygen atoms in total. The molecule has 0 unspecified atom stereocenters. The molecule has 2 rings (SSSR count). The molecule has 0 amide bonds. The van der Waals surface area contributed by atoms with E-state index in [0.717, 1.165) is 11.1 Å². The van der Waals surface area contributed by atoms with Gasteiger partial charge < -0.3 is 10.8 Å². The number of benzene rings is 2. The molecule has 0 saturated heterocycles. The minimum atomic E-state index is -3.63. The molecule has 0 atom stereocenters. The van der Waals surface area contributed by atoms with Gasteiger partial charge in [-0.05, 0) is 35.4 Å². The predicted octanol–water partition coefficient (Wildman–Crippen LogP) is 1.50. The highest BCUT2D eigenvalue weighted by atomic mass is 32.2. The number of rotatable bonds is 5. The molecule has 2 aromatic rings. The maximum atomic E-state index is 12.0. The topological polar surface area (TPSA) is 92.4 Å². The summed E-state index contributed by atoms with van der Waals surface area (Å²) in [7, 11) is -3.63. The zero-order valence-corrected chi connectivity index (χ0v) is 12.9. The van der Waals surface area contributed by atoms with Crippen LogP contribution in [0.25, 0.3) is 11.1 Å². The highest BCUT2D eigenvalue weighted by Gasteiger charge is 2.14. The number of aliphatic hydroxyl groups excluding tert-OH is 1. The molecule has 0 spiro atoms. The van der Waals surface area contributed by atoms with Gasteiger partial charge >= 0.3 is 0 Å². The monoisotopic (exact) mass is 324 g/mol. The van der Waals surface area contributed by atoms with Crippen LogP contribution in [0.2, 0.25) is 0 Å². The van der Waals surface area contributed by atoms with E-state index in [4.69, 9.17) is 10.8 Å². The van der Waals surface area contributed by atoms with Crippen LogP contribution in [0.5, 0.6) is 0 Å². The van der Waals surface area contributed by atoms with Gasteiger partial charge in [0.15, 0.2) is 0 Å². The van der Waals surface area contributed by atoms with Gasteiger partial charge in [0, 0.05) is 17.1 Å². The third kappa shape index (κ3) is 3.76. The average Bonchev–Trinajstić information content (AvgIpc) is 2.48. The van der Waals surface area contributed by atoms with E-state index in [0.29, 0.717) is 10.6 Å². The first kappa shape index (κ1) is 15.8. The zero-order valence-electron chi connectivity index (χ0n) is 11.2. The third-order valence-corrected chi connectivity index (χ3v) is 4.76. The van der Waals surface area contributed by atoms with Crippen molar-refractivity contribution < 1.29 is 13.5 Å². The molecular weight excluding hydrogens is 308 g/mol. The van der Waals surface area contributed by atoms with Crippen LogP contribution in [-0.2, 0) is 10.0 Å². The number of thiol groups is 1.